The van der Waals surface area contributed by atoms with Crippen LogP contribution in [-0.2, 0) is 0 Å². The molecule has 152 valence electrons. The lowest BCUT2D eigenvalue weighted by Gasteiger charge is -1.98. The van der Waals surface area contributed by atoms with Gasteiger partial charge in [0.1, 0.15) is 0 Å². The molecule has 0 nitrogen and oxygen atoms in total. The Bertz CT molecular complexity index is 512. The van der Waals surface area contributed by atoms with Gasteiger partial charge >= 0.3 is 0 Å². The van der Waals surface area contributed by atoms with Crippen molar-refractivity contribution >= 4 is 0 Å². The van der Waals surface area contributed by atoms with Gasteiger partial charge in [0.15, 0.2) is 0 Å². The van der Waals surface area contributed by atoms with E-state index in [2.05, 4.69) is 89.3 Å². The second-order valence-electron chi connectivity index (χ2n) is 7.88. The lowest BCUT2D eigenvalue weighted by molar-refractivity contribution is 0.929. The van der Waals surface area contributed by atoms with Crippen LogP contribution in [0.4, 0.5) is 0 Å². The Morgan fingerprint density at radius 2 is 0.741 bits per heavy atom. The first-order chi connectivity index (χ1) is 13.0. The fraction of sp³-hybridized carbons (Fsp3) is 0.556. The van der Waals surface area contributed by atoms with E-state index in [1.54, 1.807) is 0 Å². The molecule has 0 fully saturated rings. The molecule has 0 saturated heterocycles. The molecular formula is C27H44. The van der Waals surface area contributed by atoms with Crippen LogP contribution in [0, 0.1) is 0 Å². The van der Waals surface area contributed by atoms with E-state index in [-0.39, 0.29) is 0 Å². The van der Waals surface area contributed by atoms with Gasteiger partial charge in [0.25, 0.3) is 0 Å². The Hall–Kier alpha value is -1.56. The van der Waals surface area contributed by atoms with Gasteiger partial charge in [0.2, 0.25) is 0 Å². The Morgan fingerprint density at radius 3 is 1.15 bits per heavy atom. The van der Waals surface area contributed by atoms with E-state index in [1.165, 1.54) is 80.9 Å². The highest BCUT2D eigenvalue weighted by Crippen LogP contribution is 2.09. The fourth-order valence-electron chi connectivity index (χ4n) is 2.68. The summed E-state index contributed by atoms with van der Waals surface area (Å²) in [7, 11) is 0. The van der Waals surface area contributed by atoms with E-state index < -0.39 is 0 Å². The van der Waals surface area contributed by atoms with Crippen molar-refractivity contribution < 1.29 is 0 Å². The van der Waals surface area contributed by atoms with Gasteiger partial charge in [0.05, 0.1) is 0 Å². The van der Waals surface area contributed by atoms with Crippen LogP contribution in [0.5, 0.6) is 0 Å². The van der Waals surface area contributed by atoms with Crippen LogP contribution >= 0.6 is 0 Å². The van der Waals surface area contributed by atoms with Crippen molar-refractivity contribution in [3.63, 3.8) is 0 Å². The molecule has 0 saturated carbocycles. The van der Waals surface area contributed by atoms with Gasteiger partial charge in [-0.3, -0.25) is 0 Å². The minimum atomic E-state index is 1.17. The summed E-state index contributed by atoms with van der Waals surface area (Å²) in [5.41, 5.74) is 4.36. The minimum Gasteiger partial charge on any atom is -0.0882 e. The van der Waals surface area contributed by atoms with Gasteiger partial charge in [-0.1, -0.05) is 71.4 Å². The van der Waals surface area contributed by atoms with Crippen LogP contribution in [0.15, 0.2) is 71.4 Å². The van der Waals surface area contributed by atoms with Crippen molar-refractivity contribution in [1.29, 1.82) is 0 Å². The van der Waals surface area contributed by atoms with Crippen LogP contribution in [0.25, 0.3) is 0 Å². The normalized spacial score (nSPS) is 12.4. The van der Waals surface area contributed by atoms with E-state index in [1.807, 2.05) is 0 Å². The van der Waals surface area contributed by atoms with Crippen molar-refractivity contribution in [3.05, 3.63) is 71.4 Å². The summed E-state index contributed by atoms with van der Waals surface area (Å²) in [6.45, 7) is 10.9. The summed E-state index contributed by atoms with van der Waals surface area (Å²) in [6.07, 6.45) is 32.7. The van der Waals surface area contributed by atoms with Crippen molar-refractivity contribution in [1.82, 2.24) is 0 Å². The molecule has 0 bridgehead atoms. The van der Waals surface area contributed by atoms with Gasteiger partial charge < -0.3 is 0 Å². The number of unbranched alkanes of at least 4 members (excludes halogenated alkanes) is 4. The third-order valence-electron chi connectivity index (χ3n) is 4.30. The summed E-state index contributed by atoms with van der Waals surface area (Å²) >= 11 is 0. The molecule has 0 spiro atoms. The smallest absolute Gasteiger partial charge is 0.0288 e. The van der Waals surface area contributed by atoms with Crippen LogP contribution in [0.1, 0.15) is 98.8 Å². The summed E-state index contributed by atoms with van der Waals surface area (Å²) in [5.74, 6) is 0. The summed E-state index contributed by atoms with van der Waals surface area (Å²) < 4.78 is 0. The highest BCUT2D eigenvalue weighted by molar-refractivity contribution is 5.02. The molecule has 0 rings (SSSR count). The zero-order valence-electron chi connectivity index (χ0n) is 18.8. The van der Waals surface area contributed by atoms with Gasteiger partial charge in [-0.05, 0) is 98.8 Å². The predicted molar refractivity (Wildman–Crippen MR) is 126 cm³/mol. The lowest BCUT2D eigenvalue weighted by atomic mass is 10.1. The van der Waals surface area contributed by atoms with Gasteiger partial charge in [-0.25, -0.2) is 0 Å². The Kier molecular flexibility index (Phi) is 18.1. The van der Waals surface area contributed by atoms with Crippen LogP contribution in [0.2, 0.25) is 0 Å². The first-order valence-electron chi connectivity index (χ1n) is 10.9. The topological polar surface area (TPSA) is 0 Å². The lowest BCUT2D eigenvalue weighted by Crippen LogP contribution is -1.77. The minimum absolute atomic E-state index is 1.17. The third-order valence-corrected chi connectivity index (χ3v) is 4.30. The zero-order chi connectivity index (χ0) is 20.2. The molecular weight excluding hydrogens is 324 g/mol. The summed E-state index contributed by atoms with van der Waals surface area (Å²) in [5, 5.41) is 0. The Labute approximate surface area is 170 Å². The molecule has 0 aliphatic heterocycles. The molecule has 0 unspecified atom stereocenters. The molecule has 0 aromatic heterocycles. The maximum absolute atomic E-state index is 2.41. The average molecular weight is 369 g/mol. The Morgan fingerprint density at radius 1 is 0.407 bits per heavy atom. The second kappa shape index (κ2) is 19.2. The maximum atomic E-state index is 2.41. The predicted octanol–water partition coefficient (Wildman–Crippen LogP) is 9.43. The van der Waals surface area contributed by atoms with Crippen molar-refractivity contribution in [2.24, 2.45) is 0 Å². The second-order valence-corrected chi connectivity index (χ2v) is 7.88. The van der Waals surface area contributed by atoms with E-state index in [0.717, 1.165) is 0 Å². The van der Waals surface area contributed by atoms with Crippen LogP contribution in [0.3, 0.4) is 0 Å². The van der Waals surface area contributed by atoms with Gasteiger partial charge in [0, 0.05) is 0 Å². The number of allylic oxidation sites excluding steroid dienone is 12. The third kappa shape index (κ3) is 22.4. The molecule has 0 aliphatic rings. The molecule has 0 aliphatic carbocycles. The highest BCUT2D eigenvalue weighted by Gasteiger charge is 1.88. The van der Waals surface area contributed by atoms with E-state index >= 15 is 0 Å². The molecule has 0 aromatic carbocycles. The van der Waals surface area contributed by atoms with Crippen molar-refractivity contribution in [3.8, 4) is 0 Å². The van der Waals surface area contributed by atoms with Gasteiger partial charge in [-0.15, -0.1) is 0 Å². The van der Waals surface area contributed by atoms with E-state index in [0.29, 0.717) is 0 Å². The average Bonchev–Trinajstić information content (AvgIpc) is 2.61. The Balaban J connectivity index is 3.61. The first-order valence-corrected chi connectivity index (χ1v) is 10.9. The number of hydrogen-bond donors (Lipinski definition) is 0. The molecule has 0 atom stereocenters. The number of hydrogen-bond acceptors (Lipinski definition) is 0. The van der Waals surface area contributed by atoms with E-state index in [4.69, 9.17) is 0 Å². The van der Waals surface area contributed by atoms with Crippen LogP contribution < -0.4 is 0 Å². The molecule has 27 heavy (non-hydrogen) atoms. The molecule has 0 heteroatoms. The molecule has 0 heterocycles. The highest BCUT2D eigenvalue weighted by atomic mass is 13.9. The van der Waals surface area contributed by atoms with Crippen molar-refractivity contribution in [2.45, 2.75) is 98.8 Å². The molecule has 0 N–H and O–H groups in total. The van der Waals surface area contributed by atoms with E-state index in [9.17, 15) is 0 Å². The van der Waals surface area contributed by atoms with Gasteiger partial charge in [-0.2, -0.15) is 0 Å². The standard InChI is InChI=1S/C27H44/c1-25(2)21-17-13-10-8-6-7-9-11-15-19-23-27(5)24-20-16-12-14-18-22-26(3)4/h8-12,16,21-23H,6-7,13-15,17-20,24H2,1-5H3/b10-8+,11-9-,16-12+,27-23+. The zero-order valence-corrected chi connectivity index (χ0v) is 18.8. The molecule has 0 radical (unpaired) electrons. The van der Waals surface area contributed by atoms with Crippen LogP contribution in [-0.4, -0.2) is 0 Å². The SMILES string of the molecule is CC(C)=CCC/C=C/CC/C=C\CC/C=C(\C)CC/C=C/CCC=C(C)C. The summed E-state index contributed by atoms with van der Waals surface area (Å²) in [4.78, 5) is 0. The first kappa shape index (κ1) is 25.4. The summed E-state index contributed by atoms with van der Waals surface area (Å²) in [6, 6.07) is 0. The number of rotatable bonds is 15. The quantitative estimate of drug-likeness (QED) is 0.199. The molecule has 0 amide bonds. The molecule has 0 aromatic rings. The fourth-order valence-corrected chi connectivity index (χ4v) is 2.68. The maximum Gasteiger partial charge on any atom is -0.0288 e. The van der Waals surface area contributed by atoms with Crippen molar-refractivity contribution in [2.75, 3.05) is 0 Å². The monoisotopic (exact) mass is 368 g/mol. The largest absolute Gasteiger partial charge is 0.0882 e.